The normalized spacial score (nSPS) is 18.2. The number of nitrogens with zero attached hydrogens (tertiary/aromatic N) is 4. The lowest BCUT2D eigenvalue weighted by molar-refractivity contribution is 0.168. The van der Waals surface area contributed by atoms with Crippen LogP contribution in [0.25, 0.3) is 11.7 Å². The van der Waals surface area contributed by atoms with Gasteiger partial charge in [-0.3, -0.25) is 4.90 Å². The average Bonchev–Trinajstić information content (AvgIpc) is 3.48. The zero-order chi connectivity index (χ0) is 19.8. The van der Waals surface area contributed by atoms with Crippen LogP contribution in [0, 0.1) is 0 Å². The highest BCUT2D eigenvalue weighted by Gasteiger charge is 2.30. The van der Waals surface area contributed by atoms with Gasteiger partial charge in [-0.1, -0.05) is 6.07 Å². The van der Waals surface area contributed by atoms with E-state index in [1.165, 1.54) is 11.1 Å². The summed E-state index contributed by atoms with van der Waals surface area (Å²) in [7, 11) is -3.46. The van der Waals surface area contributed by atoms with Crippen LogP contribution < -0.4 is 0 Å². The van der Waals surface area contributed by atoms with Gasteiger partial charge in [0.05, 0.1) is 17.7 Å². The first-order chi connectivity index (χ1) is 14.1. The second-order valence-corrected chi connectivity index (χ2v) is 9.38. The lowest BCUT2D eigenvalue weighted by Gasteiger charge is -2.33. The van der Waals surface area contributed by atoms with Crippen LogP contribution in [-0.4, -0.2) is 54.0 Å². The Labute approximate surface area is 169 Å². The van der Waals surface area contributed by atoms with E-state index < -0.39 is 10.0 Å². The Hall–Kier alpha value is -2.49. The molecular formula is C20H22N4O4S. The highest BCUT2D eigenvalue weighted by Crippen LogP contribution is 2.27. The molecule has 2 aliphatic rings. The van der Waals surface area contributed by atoms with Crippen molar-refractivity contribution in [2.75, 3.05) is 26.2 Å². The predicted octanol–water partition coefficient (Wildman–Crippen LogP) is 2.32. The largest absolute Gasteiger partial charge is 0.459 e. The van der Waals surface area contributed by atoms with E-state index in [4.69, 9.17) is 8.83 Å². The van der Waals surface area contributed by atoms with E-state index in [-0.39, 0.29) is 0 Å². The predicted molar refractivity (Wildman–Crippen MR) is 105 cm³/mol. The number of sulfonamides is 1. The van der Waals surface area contributed by atoms with Gasteiger partial charge in [0.25, 0.3) is 5.89 Å². The molecule has 0 spiro atoms. The lowest BCUT2D eigenvalue weighted by Crippen LogP contribution is -2.48. The topological polar surface area (TPSA) is 92.7 Å². The molecule has 9 heteroatoms. The Morgan fingerprint density at radius 1 is 1.00 bits per heavy atom. The molecule has 5 rings (SSSR count). The Morgan fingerprint density at radius 3 is 2.62 bits per heavy atom. The van der Waals surface area contributed by atoms with Crippen LogP contribution >= 0.6 is 0 Å². The van der Waals surface area contributed by atoms with Crippen LogP contribution in [0.15, 0.2) is 50.3 Å². The summed E-state index contributed by atoms with van der Waals surface area (Å²) in [5.41, 5.74) is 2.45. The van der Waals surface area contributed by atoms with Crippen molar-refractivity contribution >= 4 is 10.0 Å². The molecule has 1 aromatic carbocycles. The molecule has 152 valence electrons. The van der Waals surface area contributed by atoms with Gasteiger partial charge in [-0.05, 0) is 54.7 Å². The number of rotatable bonds is 5. The molecule has 1 saturated heterocycles. The van der Waals surface area contributed by atoms with E-state index in [0.29, 0.717) is 55.2 Å². The molecule has 3 aromatic rings. The van der Waals surface area contributed by atoms with Crippen molar-refractivity contribution in [2.45, 2.75) is 30.7 Å². The molecule has 1 aliphatic heterocycles. The molecule has 0 radical (unpaired) electrons. The van der Waals surface area contributed by atoms with E-state index >= 15 is 0 Å². The summed E-state index contributed by atoms with van der Waals surface area (Å²) in [5, 5.41) is 8.07. The van der Waals surface area contributed by atoms with Crippen LogP contribution in [0.4, 0.5) is 0 Å². The first-order valence-electron chi connectivity index (χ1n) is 9.80. The number of piperazine rings is 1. The molecule has 3 heterocycles. The minimum absolute atomic E-state index is 0.350. The summed E-state index contributed by atoms with van der Waals surface area (Å²) in [5.74, 6) is 1.38. The first kappa shape index (κ1) is 18.5. The smallest absolute Gasteiger partial charge is 0.283 e. The van der Waals surface area contributed by atoms with Gasteiger partial charge < -0.3 is 8.83 Å². The molecule has 0 saturated carbocycles. The number of aryl methyl sites for hydroxylation is 2. The van der Waals surface area contributed by atoms with E-state index in [1.54, 1.807) is 28.8 Å². The van der Waals surface area contributed by atoms with Crippen molar-refractivity contribution in [3.63, 3.8) is 0 Å². The SMILES string of the molecule is O=S(=O)(c1ccc2c(c1)CCC2)N1CCN(Cc2nnc(-c3ccco3)o2)CC1. The van der Waals surface area contributed by atoms with E-state index in [2.05, 4.69) is 15.1 Å². The number of fused-ring (bicyclic) bond motifs is 1. The third-order valence-electron chi connectivity index (χ3n) is 5.60. The number of furan rings is 1. The summed E-state index contributed by atoms with van der Waals surface area (Å²) in [4.78, 5) is 2.53. The standard InChI is InChI=1S/C20H22N4O4S/c25-29(26,17-7-6-15-3-1-4-16(15)13-17)24-10-8-23(9-11-24)14-19-21-22-20(28-19)18-5-2-12-27-18/h2,5-7,12-13H,1,3-4,8-11,14H2. The third-order valence-corrected chi connectivity index (χ3v) is 7.49. The van der Waals surface area contributed by atoms with Crippen LogP contribution in [0.1, 0.15) is 23.4 Å². The van der Waals surface area contributed by atoms with E-state index in [1.807, 2.05) is 12.1 Å². The quantitative estimate of drug-likeness (QED) is 0.633. The highest BCUT2D eigenvalue weighted by molar-refractivity contribution is 7.89. The van der Waals surface area contributed by atoms with Gasteiger partial charge in [-0.2, -0.15) is 4.31 Å². The van der Waals surface area contributed by atoms with Gasteiger partial charge in [0.2, 0.25) is 15.9 Å². The molecule has 2 aromatic heterocycles. The van der Waals surface area contributed by atoms with Gasteiger partial charge in [0, 0.05) is 26.2 Å². The highest BCUT2D eigenvalue weighted by atomic mass is 32.2. The maximum Gasteiger partial charge on any atom is 0.283 e. The fourth-order valence-corrected chi connectivity index (χ4v) is 5.47. The van der Waals surface area contributed by atoms with Gasteiger partial charge in [0.15, 0.2) is 5.76 Å². The van der Waals surface area contributed by atoms with Gasteiger partial charge >= 0.3 is 0 Å². The minimum Gasteiger partial charge on any atom is -0.459 e. The molecule has 0 amide bonds. The van der Waals surface area contributed by atoms with Crippen molar-refractivity contribution < 1.29 is 17.3 Å². The Kier molecular flexibility index (Phi) is 4.73. The Morgan fingerprint density at radius 2 is 1.83 bits per heavy atom. The number of hydrogen-bond donors (Lipinski definition) is 0. The molecule has 0 bridgehead atoms. The summed E-state index contributed by atoms with van der Waals surface area (Å²) in [6.45, 7) is 2.60. The van der Waals surface area contributed by atoms with Gasteiger partial charge in [-0.15, -0.1) is 10.2 Å². The van der Waals surface area contributed by atoms with E-state index in [0.717, 1.165) is 19.3 Å². The van der Waals surface area contributed by atoms with Crippen LogP contribution in [-0.2, 0) is 29.4 Å². The molecule has 29 heavy (non-hydrogen) atoms. The van der Waals surface area contributed by atoms with Crippen molar-refractivity contribution in [1.82, 2.24) is 19.4 Å². The second-order valence-electron chi connectivity index (χ2n) is 7.44. The molecule has 8 nitrogen and oxygen atoms in total. The van der Waals surface area contributed by atoms with E-state index in [9.17, 15) is 8.42 Å². The Bertz CT molecular complexity index is 1100. The molecule has 0 atom stereocenters. The Balaban J connectivity index is 1.22. The summed E-state index contributed by atoms with van der Waals surface area (Å²) >= 11 is 0. The maximum atomic E-state index is 13.0. The fourth-order valence-electron chi connectivity index (χ4n) is 3.99. The van der Waals surface area contributed by atoms with Gasteiger partial charge in [0.1, 0.15) is 0 Å². The third kappa shape index (κ3) is 3.61. The molecule has 1 fully saturated rings. The zero-order valence-corrected chi connectivity index (χ0v) is 16.8. The first-order valence-corrected chi connectivity index (χ1v) is 11.2. The fraction of sp³-hybridized carbons (Fsp3) is 0.400. The average molecular weight is 414 g/mol. The van der Waals surface area contributed by atoms with Gasteiger partial charge in [-0.25, -0.2) is 8.42 Å². The minimum atomic E-state index is -3.46. The number of aromatic nitrogens is 2. The van der Waals surface area contributed by atoms with Crippen molar-refractivity contribution in [1.29, 1.82) is 0 Å². The van der Waals surface area contributed by atoms with Crippen LogP contribution in [0.2, 0.25) is 0 Å². The maximum absolute atomic E-state index is 13.0. The zero-order valence-electron chi connectivity index (χ0n) is 16.0. The van der Waals surface area contributed by atoms with Crippen LogP contribution in [0.3, 0.4) is 0 Å². The number of hydrogen-bond acceptors (Lipinski definition) is 7. The molecule has 0 N–H and O–H groups in total. The number of benzene rings is 1. The van der Waals surface area contributed by atoms with Crippen LogP contribution in [0.5, 0.6) is 0 Å². The summed E-state index contributed by atoms with van der Waals surface area (Å²) in [6, 6.07) is 9.11. The lowest BCUT2D eigenvalue weighted by atomic mass is 10.1. The van der Waals surface area contributed by atoms with Crippen molar-refractivity contribution in [3.8, 4) is 11.7 Å². The van der Waals surface area contributed by atoms with Crippen molar-refractivity contribution in [3.05, 3.63) is 53.6 Å². The summed E-state index contributed by atoms with van der Waals surface area (Å²) < 4.78 is 38.6. The molecule has 1 aliphatic carbocycles. The molecular weight excluding hydrogens is 392 g/mol. The summed E-state index contributed by atoms with van der Waals surface area (Å²) in [6.07, 6.45) is 4.68. The monoisotopic (exact) mass is 414 g/mol. The second kappa shape index (κ2) is 7.40. The van der Waals surface area contributed by atoms with Crippen molar-refractivity contribution in [2.24, 2.45) is 0 Å². The molecule has 0 unspecified atom stereocenters.